The maximum Gasteiger partial charge on any atom is 0.203 e. The number of hydrogen-bond acceptors (Lipinski definition) is 9. The summed E-state index contributed by atoms with van der Waals surface area (Å²) in [6.45, 7) is 3.89. The summed E-state index contributed by atoms with van der Waals surface area (Å²) in [6, 6.07) is 6.68. The van der Waals surface area contributed by atoms with Gasteiger partial charge < -0.3 is 37.6 Å². The summed E-state index contributed by atoms with van der Waals surface area (Å²) in [7, 11) is -1.08. The molecule has 0 N–H and O–H groups in total. The van der Waals surface area contributed by atoms with Crippen molar-refractivity contribution in [3.63, 3.8) is 0 Å². The van der Waals surface area contributed by atoms with Gasteiger partial charge in [0.25, 0.3) is 0 Å². The van der Waals surface area contributed by atoms with Crippen LogP contribution in [0, 0.1) is 13.8 Å². The Labute approximate surface area is 173 Å². The van der Waals surface area contributed by atoms with Crippen LogP contribution in [0.2, 0.25) is 0 Å². The number of ether oxygens (including phenoxy) is 3. The highest BCUT2D eigenvalue weighted by Crippen LogP contribution is 2.47. The summed E-state index contributed by atoms with van der Waals surface area (Å²) in [5.74, 6) is 0.941. The molecule has 0 spiro atoms. The van der Waals surface area contributed by atoms with Crippen molar-refractivity contribution in [1.82, 2.24) is 5.16 Å². The molecule has 2 aromatic carbocycles. The average Bonchev–Trinajstić information content (AvgIpc) is 3.18. The van der Waals surface area contributed by atoms with Crippen molar-refractivity contribution in [2.75, 3.05) is 21.3 Å². The normalized spacial score (nSPS) is 11.3. The number of phosphoric ester groups is 1. The van der Waals surface area contributed by atoms with Crippen LogP contribution in [0.4, 0.5) is 0 Å². The lowest BCUT2D eigenvalue weighted by Crippen LogP contribution is -2.19. The van der Waals surface area contributed by atoms with Crippen LogP contribution < -0.4 is 28.5 Å². The Hall–Kier alpha value is -3.00. The Balaban J connectivity index is 2.19. The van der Waals surface area contributed by atoms with Crippen molar-refractivity contribution >= 4 is 7.82 Å². The van der Waals surface area contributed by atoms with Crippen molar-refractivity contribution in [3.8, 4) is 45.4 Å². The highest BCUT2D eigenvalue weighted by molar-refractivity contribution is 7.43. The first kappa shape index (κ1) is 21.7. The zero-order valence-electron chi connectivity index (χ0n) is 17.0. The maximum absolute atomic E-state index is 11.2. The van der Waals surface area contributed by atoms with Gasteiger partial charge in [-0.25, -0.2) is 0 Å². The van der Waals surface area contributed by atoms with Crippen LogP contribution in [0.3, 0.4) is 0 Å². The standard InChI is InChI=1S/C20H22NO8P/c1-11-6-14(9-16(25-3)12(11)2)19-15(10-21-28-19)13-7-17(26-4)20(27-5)18(8-13)29-30(22,23)24/h6-10H,1-5H3,(H2,22,23,24)/p-2. The summed E-state index contributed by atoms with van der Waals surface area (Å²) in [5, 5.41) is 3.88. The fourth-order valence-corrected chi connectivity index (χ4v) is 3.47. The predicted octanol–water partition coefficient (Wildman–Crippen LogP) is 2.86. The number of benzene rings is 2. The quantitative estimate of drug-likeness (QED) is 0.517. The van der Waals surface area contributed by atoms with Gasteiger partial charge in [-0.1, -0.05) is 5.16 Å². The summed E-state index contributed by atoms with van der Waals surface area (Å²) in [5.41, 5.74) is 3.66. The molecule has 0 radical (unpaired) electrons. The van der Waals surface area contributed by atoms with E-state index in [-0.39, 0.29) is 17.2 Å². The number of methoxy groups -OCH3 is 3. The van der Waals surface area contributed by atoms with Crippen LogP contribution >= 0.6 is 7.82 Å². The van der Waals surface area contributed by atoms with Gasteiger partial charge in [0.1, 0.15) is 13.6 Å². The molecule has 3 rings (SSSR count). The first-order chi connectivity index (χ1) is 14.2. The number of aryl methyl sites for hydroxylation is 1. The smallest absolute Gasteiger partial charge is 0.203 e. The summed E-state index contributed by atoms with van der Waals surface area (Å²) in [4.78, 5) is 22.4. The number of rotatable bonds is 7. The third-order valence-corrected chi connectivity index (χ3v) is 5.06. The Kier molecular flexibility index (Phi) is 6.07. The van der Waals surface area contributed by atoms with Crippen LogP contribution in [-0.4, -0.2) is 26.5 Å². The highest BCUT2D eigenvalue weighted by Gasteiger charge is 2.21. The zero-order chi connectivity index (χ0) is 22.1. The molecule has 1 heterocycles. The molecule has 0 fully saturated rings. The summed E-state index contributed by atoms with van der Waals surface area (Å²) >= 11 is 0. The van der Waals surface area contributed by atoms with Gasteiger partial charge in [0.05, 0.1) is 27.5 Å². The van der Waals surface area contributed by atoms with Gasteiger partial charge in [-0.3, -0.25) is 0 Å². The minimum absolute atomic E-state index is 0.0287. The molecule has 9 nitrogen and oxygen atoms in total. The van der Waals surface area contributed by atoms with Crippen molar-refractivity contribution in [1.29, 1.82) is 0 Å². The lowest BCUT2D eigenvalue weighted by molar-refractivity contribution is -0.333. The second-order valence-corrected chi connectivity index (χ2v) is 7.51. The Morgan fingerprint density at radius 1 is 0.900 bits per heavy atom. The molecule has 0 aliphatic carbocycles. The van der Waals surface area contributed by atoms with E-state index in [9.17, 15) is 14.4 Å². The molecule has 0 aliphatic heterocycles. The number of hydrogen-bond donors (Lipinski definition) is 0. The van der Waals surface area contributed by atoms with Crippen molar-refractivity contribution in [3.05, 3.63) is 41.6 Å². The minimum atomic E-state index is -5.34. The van der Waals surface area contributed by atoms with E-state index in [4.69, 9.17) is 18.7 Å². The van der Waals surface area contributed by atoms with E-state index in [1.807, 2.05) is 26.0 Å². The van der Waals surface area contributed by atoms with Crippen LogP contribution in [0.25, 0.3) is 22.5 Å². The van der Waals surface area contributed by atoms with E-state index in [1.165, 1.54) is 26.5 Å². The molecule has 0 saturated carbocycles. The second-order valence-electron chi connectivity index (χ2n) is 6.44. The lowest BCUT2D eigenvalue weighted by atomic mass is 9.98. The fraction of sp³-hybridized carbons (Fsp3) is 0.250. The molecule has 0 bridgehead atoms. The van der Waals surface area contributed by atoms with Gasteiger partial charge in [-0.2, -0.15) is 0 Å². The van der Waals surface area contributed by atoms with Gasteiger partial charge in [0.15, 0.2) is 17.3 Å². The predicted molar refractivity (Wildman–Crippen MR) is 105 cm³/mol. The van der Waals surface area contributed by atoms with E-state index >= 15 is 0 Å². The molecule has 30 heavy (non-hydrogen) atoms. The second kappa shape index (κ2) is 8.39. The lowest BCUT2D eigenvalue weighted by Gasteiger charge is -2.30. The molecular weight excluding hydrogens is 413 g/mol. The molecular formula is C20H20NO8P-2. The molecule has 10 heteroatoms. The molecule has 3 aromatic rings. The Morgan fingerprint density at radius 2 is 1.53 bits per heavy atom. The number of aromatic nitrogens is 1. The molecule has 0 atom stereocenters. The molecule has 0 unspecified atom stereocenters. The average molecular weight is 433 g/mol. The maximum atomic E-state index is 11.2. The molecule has 0 aliphatic rings. The minimum Gasteiger partial charge on any atom is -0.780 e. The van der Waals surface area contributed by atoms with E-state index in [0.717, 1.165) is 11.1 Å². The van der Waals surface area contributed by atoms with E-state index in [1.54, 1.807) is 13.2 Å². The first-order valence-electron chi connectivity index (χ1n) is 8.76. The van der Waals surface area contributed by atoms with Crippen LogP contribution in [-0.2, 0) is 4.57 Å². The zero-order valence-corrected chi connectivity index (χ0v) is 17.9. The molecule has 1 aromatic heterocycles. The fourth-order valence-electron chi connectivity index (χ4n) is 3.10. The number of phosphoric acid groups is 1. The van der Waals surface area contributed by atoms with Crippen LogP contribution in [0.5, 0.6) is 23.0 Å². The largest absolute Gasteiger partial charge is 0.780 e. The molecule has 0 saturated heterocycles. The van der Waals surface area contributed by atoms with Gasteiger partial charge in [0.2, 0.25) is 5.75 Å². The summed E-state index contributed by atoms with van der Waals surface area (Å²) in [6.07, 6.45) is 1.47. The third-order valence-electron chi connectivity index (χ3n) is 4.64. The SMILES string of the molecule is COc1cc(-c2oncc2-c2cc(OC)c(OC)c(OP(=O)([O-])[O-])c2)cc(C)c1C. The van der Waals surface area contributed by atoms with E-state index < -0.39 is 7.82 Å². The van der Waals surface area contributed by atoms with Gasteiger partial charge >= 0.3 is 0 Å². The molecule has 0 amide bonds. The van der Waals surface area contributed by atoms with E-state index in [2.05, 4.69) is 9.68 Å². The van der Waals surface area contributed by atoms with Crippen molar-refractivity contribution in [2.45, 2.75) is 13.8 Å². The van der Waals surface area contributed by atoms with Crippen LogP contribution in [0.15, 0.2) is 35.0 Å². The van der Waals surface area contributed by atoms with Crippen LogP contribution in [0.1, 0.15) is 11.1 Å². The highest BCUT2D eigenvalue weighted by atomic mass is 31.2. The van der Waals surface area contributed by atoms with Crippen molar-refractivity contribution < 1.29 is 37.6 Å². The first-order valence-corrected chi connectivity index (χ1v) is 10.2. The number of nitrogens with zero attached hydrogens (tertiary/aromatic N) is 1. The van der Waals surface area contributed by atoms with Gasteiger partial charge in [-0.05, 0) is 54.8 Å². The van der Waals surface area contributed by atoms with E-state index in [0.29, 0.717) is 28.2 Å². The third kappa shape index (κ3) is 4.28. The Bertz CT molecular complexity index is 1120. The van der Waals surface area contributed by atoms with Gasteiger partial charge in [0, 0.05) is 11.1 Å². The van der Waals surface area contributed by atoms with Gasteiger partial charge in [-0.15, -0.1) is 0 Å². The Morgan fingerprint density at radius 3 is 2.13 bits per heavy atom. The monoisotopic (exact) mass is 433 g/mol. The summed E-state index contributed by atoms with van der Waals surface area (Å²) < 4.78 is 37.1. The molecule has 160 valence electrons. The topological polar surface area (TPSA) is 126 Å². The van der Waals surface area contributed by atoms with Crippen molar-refractivity contribution in [2.24, 2.45) is 0 Å².